The first-order chi connectivity index (χ1) is 4.87. The van der Waals surface area contributed by atoms with Crippen molar-refractivity contribution in [3.05, 3.63) is 0 Å². The number of carbonyl (C=O) groups is 1. The normalized spacial score (nSPS) is 28.7. The summed E-state index contributed by atoms with van der Waals surface area (Å²) in [6.45, 7) is 1.49. The molecule has 1 unspecified atom stereocenters. The van der Waals surface area contributed by atoms with Crippen LogP contribution >= 0.6 is 0 Å². The molecular weight excluding hydrogens is 152 g/mol. The highest BCUT2D eigenvalue weighted by molar-refractivity contribution is 5.64. The summed E-state index contributed by atoms with van der Waals surface area (Å²) < 4.78 is 24.6. The van der Waals surface area contributed by atoms with E-state index in [1.165, 1.54) is 6.92 Å². The molecule has 0 aromatic carbocycles. The fraction of sp³-hybridized carbons (Fsp3) is 0.857. The molecule has 0 aliphatic heterocycles. The van der Waals surface area contributed by atoms with Gasteiger partial charge in [0.15, 0.2) is 0 Å². The topological polar surface area (TPSA) is 43.1 Å². The zero-order valence-electron chi connectivity index (χ0n) is 6.31. The highest BCUT2D eigenvalue weighted by Gasteiger charge is 2.51. The molecule has 0 saturated heterocycles. The second kappa shape index (κ2) is 2.24. The van der Waals surface area contributed by atoms with Crippen LogP contribution in [0.1, 0.15) is 19.8 Å². The number of alkyl halides is 2. The van der Waals surface area contributed by atoms with E-state index in [4.69, 9.17) is 5.73 Å². The van der Waals surface area contributed by atoms with Gasteiger partial charge in [0.2, 0.25) is 5.92 Å². The van der Waals surface area contributed by atoms with Crippen molar-refractivity contribution in [2.75, 3.05) is 0 Å². The summed E-state index contributed by atoms with van der Waals surface area (Å²) in [5, 5.41) is 0. The fourth-order valence-corrected chi connectivity index (χ4v) is 1.20. The van der Waals surface area contributed by atoms with Crippen molar-refractivity contribution in [2.24, 2.45) is 11.7 Å². The number of carbonyl (C=O) groups excluding carboxylic acids is 1. The zero-order valence-corrected chi connectivity index (χ0v) is 6.31. The van der Waals surface area contributed by atoms with E-state index in [0.717, 1.165) is 0 Å². The van der Waals surface area contributed by atoms with Gasteiger partial charge in [0.05, 0.1) is 5.54 Å². The number of hydrogen-bond acceptors (Lipinski definition) is 2. The first-order valence-electron chi connectivity index (χ1n) is 3.50. The minimum atomic E-state index is -2.59. The molecule has 0 heterocycles. The van der Waals surface area contributed by atoms with E-state index in [1.807, 2.05) is 0 Å². The van der Waals surface area contributed by atoms with Gasteiger partial charge in [-0.3, -0.25) is 0 Å². The van der Waals surface area contributed by atoms with Crippen molar-refractivity contribution in [3.8, 4) is 0 Å². The van der Waals surface area contributed by atoms with Crippen LogP contribution in [-0.4, -0.2) is 17.7 Å². The summed E-state index contributed by atoms with van der Waals surface area (Å²) in [7, 11) is 0. The van der Waals surface area contributed by atoms with Crippen LogP contribution < -0.4 is 5.73 Å². The van der Waals surface area contributed by atoms with Crippen LogP contribution in [0.4, 0.5) is 8.78 Å². The lowest BCUT2D eigenvalue weighted by Gasteiger charge is -2.41. The van der Waals surface area contributed by atoms with Gasteiger partial charge >= 0.3 is 0 Å². The Labute approximate surface area is 63.8 Å². The van der Waals surface area contributed by atoms with Crippen LogP contribution in [0.25, 0.3) is 0 Å². The second-order valence-corrected chi connectivity index (χ2v) is 3.44. The summed E-state index contributed by atoms with van der Waals surface area (Å²) >= 11 is 0. The van der Waals surface area contributed by atoms with Crippen LogP contribution in [0.3, 0.4) is 0 Å². The van der Waals surface area contributed by atoms with Gasteiger partial charge in [0.25, 0.3) is 0 Å². The molecule has 0 radical (unpaired) electrons. The minimum Gasteiger partial charge on any atom is -0.319 e. The van der Waals surface area contributed by atoms with Gasteiger partial charge in [-0.15, -0.1) is 0 Å². The number of rotatable bonds is 2. The molecule has 1 aliphatic carbocycles. The third kappa shape index (κ3) is 1.56. The number of halogens is 2. The second-order valence-electron chi connectivity index (χ2n) is 3.44. The molecule has 64 valence electrons. The summed E-state index contributed by atoms with van der Waals surface area (Å²) in [4.78, 5) is 10.3. The van der Waals surface area contributed by atoms with Gasteiger partial charge in [-0.05, 0) is 12.8 Å². The quantitative estimate of drug-likeness (QED) is 0.616. The van der Waals surface area contributed by atoms with Crippen molar-refractivity contribution in [3.63, 3.8) is 0 Å². The Morgan fingerprint density at radius 3 is 2.36 bits per heavy atom. The molecule has 1 rings (SSSR count). The van der Waals surface area contributed by atoms with E-state index in [0.29, 0.717) is 6.29 Å². The average molecular weight is 163 g/mol. The van der Waals surface area contributed by atoms with E-state index >= 15 is 0 Å². The summed E-state index contributed by atoms with van der Waals surface area (Å²) in [5.74, 6) is -2.94. The SMILES string of the molecule is CC(N)(C=O)C1CC(F)(F)C1. The van der Waals surface area contributed by atoms with Crippen LogP contribution in [-0.2, 0) is 4.79 Å². The van der Waals surface area contributed by atoms with Crippen LogP contribution in [0.15, 0.2) is 0 Å². The zero-order chi connectivity index (χ0) is 8.70. The molecule has 0 aromatic rings. The molecule has 1 saturated carbocycles. The lowest BCUT2D eigenvalue weighted by Crippen LogP contribution is -2.55. The monoisotopic (exact) mass is 163 g/mol. The number of aldehydes is 1. The molecule has 1 aliphatic rings. The Kier molecular flexibility index (Phi) is 1.75. The predicted molar refractivity (Wildman–Crippen MR) is 36.3 cm³/mol. The molecule has 1 fully saturated rings. The minimum absolute atomic E-state index is 0.251. The summed E-state index contributed by atoms with van der Waals surface area (Å²) in [6, 6.07) is 0. The van der Waals surface area contributed by atoms with Gasteiger partial charge in [0, 0.05) is 12.8 Å². The highest BCUT2D eigenvalue weighted by atomic mass is 19.3. The van der Waals surface area contributed by atoms with Crippen LogP contribution in [0.2, 0.25) is 0 Å². The molecule has 11 heavy (non-hydrogen) atoms. The molecular formula is C7H11F2NO. The average Bonchev–Trinajstić information content (AvgIpc) is 1.83. The lowest BCUT2D eigenvalue weighted by atomic mass is 9.70. The number of hydrogen-bond donors (Lipinski definition) is 1. The molecule has 4 heteroatoms. The molecule has 0 amide bonds. The standard InChI is InChI=1S/C7H11F2NO/c1-6(10,4-11)5-2-7(8,9)3-5/h4-5H,2-3,10H2,1H3. The Morgan fingerprint density at radius 1 is 1.64 bits per heavy atom. The Balaban J connectivity index is 2.49. The largest absolute Gasteiger partial charge is 0.319 e. The smallest absolute Gasteiger partial charge is 0.248 e. The maximum Gasteiger partial charge on any atom is 0.248 e. The first-order valence-corrected chi connectivity index (χ1v) is 3.50. The van der Waals surface area contributed by atoms with E-state index in [1.54, 1.807) is 0 Å². The van der Waals surface area contributed by atoms with Gasteiger partial charge in [-0.1, -0.05) is 0 Å². The van der Waals surface area contributed by atoms with Crippen molar-refractivity contribution < 1.29 is 13.6 Å². The van der Waals surface area contributed by atoms with Crippen molar-refractivity contribution in [1.82, 2.24) is 0 Å². The Bertz CT molecular complexity index is 171. The van der Waals surface area contributed by atoms with Crippen LogP contribution in [0, 0.1) is 5.92 Å². The molecule has 2 N–H and O–H groups in total. The maximum atomic E-state index is 12.3. The Hall–Kier alpha value is -0.510. The van der Waals surface area contributed by atoms with Crippen molar-refractivity contribution >= 4 is 6.29 Å². The Morgan fingerprint density at radius 2 is 2.09 bits per heavy atom. The summed E-state index contributed by atoms with van der Waals surface area (Å²) in [6.07, 6.45) is 0.0460. The lowest BCUT2D eigenvalue weighted by molar-refractivity contribution is -0.138. The number of nitrogens with two attached hydrogens (primary N) is 1. The van der Waals surface area contributed by atoms with Gasteiger partial charge in [-0.25, -0.2) is 8.78 Å². The third-order valence-electron chi connectivity index (χ3n) is 2.22. The third-order valence-corrected chi connectivity index (χ3v) is 2.22. The highest BCUT2D eigenvalue weighted by Crippen LogP contribution is 2.46. The van der Waals surface area contributed by atoms with Gasteiger partial charge < -0.3 is 10.5 Å². The molecule has 0 bridgehead atoms. The molecule has 0 spiro atoms. The molecule has 1 atom stereocenters. The van der Waals surface area contributed by atoms with E-state index < -0.39 is 11.5 Å². The van der Waals surface area contributed by atoms with E-state index in [-0.39, 0.29) is 18.8 Å². The van der Waals surface area contributed by atoms with Gasteiger partial charge in [0.1, 0.15) is 6.29 Å². The maximum absolute atomic E-state index is 12.3. The van der Waals surface area contributed by atoms with Gasteiger partial charge in [-0.2, -0.15) is 0 Å². The van der Waals surface area contributed by atoms with E-state index in [9.17, 15) is 13.6 Å². The fourth-order valence-electron chi connectivity index (χ4n) is 1.20. The van der Waals surface area contributed by atoms with Crippen molar-refractivity contribution in [1.29, 1.82) is 0 Å². The molecule has 2 nitrogen and oxygen atoms in total. The molecule has 0 aromatic heterocycles. The van der Waals surface area contributed by atoms with Crippen LogP contribution in [0.5, 0.6) is 0 Å². The van der Waals surface area contributed by atoms with E-state index in [2.05, 4.69) is 0 Å². The van der Waals surface area contributed by atoms with Crippen molar-refractivity contribution in [2.45, 2.75) is 31.2 Å². The first kappa shape index (κ1) is 8.59. The predicted octanol–water partition coefficient (Wildman–Crippen LogP) is 0.948. The summed E-state index contributed by atoms with van der Waals surface area (Å²) in [5.41, 5.74) is 4.37.